The van der Waals surface area contributed by atoms with Gasteiger partial charge in [-0.3, -0.25) is 19.2 Å². The Morgan fingerprint density at radius 3 is 2.08 bits per heavy atom. The molecule has 4 rings (SSSR count). The Kier molecular flexibility index (Phi) is 10.1. The summed E-state index contributed by atoms with van der Waals surface area (Å²) in [5.41, 5.74) is 7.53. The molecule has 2 heterocycles. The molecule has 2 aromatic carbocycles. The van der Waals surface area contributed by atoms with Gasteiger partial charge >= 0.3 is 0 Å². The number of nitrogens with two attached hydrogens (primary N) is 1. The fraction of sp³-hybridized carbons (Fsp3) is 0.467. The summed E-state index contributed by atoms with van der Waals surface area (Å²) < 4.78 is 0. The van der Waals surface area contributed by atoms with Gasteiger partial charge < -0.3 is 26.6 Å². The summed E-state index contributed by atoms with van der Waals surface area (Å²) in [6.07, 6.45) is 3.72. The molecular weight excluding hydrogens is 494 g/mol. The number of fused-ring (bicyclic) bond motifs is 1. The van der Waals surface area contributed by atoms with Crippen molar-refractivity contribution in [2.75, 3.05) is 19.6 Å². The van der Waals surface area contributed by atoms with Gasteiger partial charge in [-0.15, -0.1) is 0 Å². The van der Waals surface area contributed by atoms with Crippen LogP contribution in [0.25, 0.3) is 0 Å². The number of carbonyl (C=O) groups excluding carboxylic acids is 4. The Morgan fingerprint density at radius 1 is 0.769 bits per heavy atom. The number of hydrogen-bond donors (Lipinski definition) is 4. The van der Waals surface area contributed by atoms with Crippen LogP contribution in [0.2, 0.25) is 0 Å². The van der Waals surface area contributed by atoms with Crippen LogP contribution in [-0.2, 0) is 32.0 Å². The minimum absolute atomic E-state index is 0.110. The standard InChI is InChI=1S/C30H39N5O4/c31-16-8-7-14-24-28(37)34-25(19-22-12-5-2-6-13-22)27(36)32-20-23(18-21-10-3-1-4-11-21)30(39)35-17-9-15-26(35)29(38)33-24/h1-6,10-13,23-26H,7-9,14-20,31H2,(H,32,36)(H,33,38)(H,34,37)/t23-,24+,25+,26-/m1/s1. The molecule has 208 valence electrons. The second-order valence-electron chi connectivity index (χ2n) is 10.4. The quantitative estimate of drug-likeness (QED) is 0.380. The van der Waals surface area contributed by atoms with Crippen LogP contribution in [0.3, 0.4) is 0 Å². The van der Waals surface area contributed by atoms with E-state index in [1.165, 1.54) is 0 Å². The number of nitrogens with one attached hydrogen (secondary N) is 3. The lowest BCUT2D eigenvalue weighted by molar-refractivity contribution is -0.142. The van der Waals surface area contributed by atoms with Crippen molar-refractivity contribution in [1.29, 1.82) is 0 Å². The molecule has 9 heteroatoms. The number of benzene rings is 2. The normalized spacial score (nSPS) is 24.5. The summed E-state index contributed by atoms with van der Waals surface area (Å²) in [5.74, 6) is -1.80. The summed E-state index contributed by atoms with van der Waals surface area (Å²) in [7, 11) is 0. The fourth-order valence-electron chi connectivity index (χ4n) is 5.39. The highest BCUT2D eigenvalue weighted by atomic mass is 16.2. The molecule has 5 N–H and O–H groups in total. The van der Waals surface area contributed by atoms with Crippen LogP contribution in [-0.4, -0.2) is 66.3 Å². The first-order valence-electron chi connectivity index (χ1n) is 13.9. The average Bonchev–Trinajstić information content (AvgIpc) is 3.45. The molecule has 2 aliphatic heterocycles. The van der Waals surface area contributed by atoms with Gasteiger partial charge in [0.1, 0.15) is 18.1 Å². The van der Waals surface area contributed by atoms with Crippen LogP contribution in [0.5, 0.6) is 0 Å². The molecule has 2 saturated heterocycles. The van der Waals surface area contributed by atoms with E-state index in [4.69, 9.17) is 5.73 Å². The number of carbonyl (C=O) groups is 4. The topological polar surface area (TPSA) is 134 Å². The van der Waals surface area contributed by atoms with E-state index < -0.39 is 30.0 Å². The molecule has 2 fully saturated rings. The maximum atomic E-state index is 13.8. The maximum Gasteiger partial charge on any atom is 0.243 e. The summed E-state index contributed by atoms with van der Waals surface area (Å²) in [6.45, 7) is 1.06. The first-order valence-corrected chi connectivity index (χ1v) is 13.9. The zero-order valence-corrected chi connectivity index (χ0v) is 22.3. The third-order valence-corrected chi connectivity index (χ3v) is 7.53. The number of unbranched alkanes of at least 4 members (excludes halogenated alkanes) is 1. The Bertz CT molecular complexity index is 1130. The SMILES string of the molecule is NCCCC[C@@H]1NC(=O)[C@H]2CCCN2C(=O)[C@H](Cc2ccccc2)CNC(=O)[C@H](Cc2ccccc2)NC1=O. The van der Waals surface area contributed by atoms with Gasteiger partial charge in [0.05, 0.1) is 5.92 Å². The van der Waals surface area contributed by atoms with Gasteiger partial charge in [-0.2, -0.15) is 0 Å². The molecule has 0 unspecified atom stereocenters. The highest BCUT2D eigenvalue weighted by molar-refractivity contribution is 5.95. The Morgan fingerprint density at radius 2 is 1.41 bits per heavy atom. The Hall–Kier alpha value is -3.72. The summed E-state index contributed by atoms with van der Waals surface area (Å²) in [5, 5.41) is 8.74. The van der Waals surface area contributed by atoms with Crippen molar-refractivity contribution in [2.24, 2.45) is 11.7 Å². The van der Waals surface area contributed by atoms with E-state index >= 15 is 0 Å². The molecule has 4 amide bonds. The lowest BCUT2D eigenvalue weighted by Gasteiger charge is -2.29. The van der Waals surface area contributed by atoms with E-state index in [1.807, 2.05) is 60.7 Å². The number of hydrogen-bond acceptors (Lipinski definition) is 5. The molecule has 2 aliphatic rings. The van der Waals surface area contributed by atoms with E-state index in [9.17, 15) is 19.2 Å². The van der Waals surface area contributed by atoms with Crippen LogP contribution in [0.1, 0.15) is 43.2 Å². The minimum Gasteiger partial charge on any atom is -0.353 e. The average molecular weight is 534 g/mol. The largest absolute Gasteiger partial charge is 0.353 e. The van der Waals surface area contributed by atoms with E-state index in [-0.39, 0.29) is 30.7 Å². The highest BCUT2D eigenvalue weighted by Crippen LogP contribution is 2.23. The van der Waals surface area contributed by atoms with Crippen molar-refractivity contribution in [1.82, 2.24) is 20.9 Å². The van der Waals surface area contributed by atoms with Crippen molar-refractivity contribution in [3.63, 3.8) is 0 Å². The summed E-state index contributed by atoms with van der Waals surface area (Å²) >= 11 is 0. The predicted octanol–water partition coefficient (Wildman–Crippen LogP) is 1.31. The van der Waals surface area contributed by atoms with Gasteiger partial charge in [0, 0.05) is 19.5 Å². The van der Waals surface area contributed by atoms with Gasteiger partial charge in [0.25, 0.3) is 0 Å². The van der Waals surface area contributed by atoms with Crippen LogP contribution in [0, 0.1) is 5.92 Å². The van der Waals surface area contributed by atoms with Crippen LogP contribution >= 0.6 is 0 Å². The number of nitrogens with zero attached hydrogens (tertiary/aromatic N) is 1. The molecule has 2 aromatic rings. The molecule has 0 aliphatic carbocycles. The van der Waals surface area contributed by atoms with Crippen LogP contribution < -0.4 is 21.7 Å². The van der Waals surface area contributed by atoms with Crippen molar-refractivity contribution < 1.29 is 19.2 Å². The second-order valence-corrected chi connectivity index (χ2v) is 10.4. The predicted molar refractivity (Wildman–Crippen MR) is 148 cm³/mol. The van der Waals surface area contributed by atoms with E-state index in [0.717, 1.165) is 11.1 Å². The smallest absolute Gasteiger partial charge is 0.243 e. The molecule has 4 atom stereocenters. The van der Waals surface area contributed by atoms with Crippen molar-refractivity contribution in [3.8, 4) is 0 Å². The Labute approximate surface area is 229 Å². The summed E-state index contributed by atoms with van der Waals surface area (Å²) in [6, 6.07) is 16.8. The molecule has 0 aromatic heterocycles. The highest BCUT2D eigenvalue weighted by Gasteiger charge is 2.39. The van der Waals surface area contributed by atoms with Gasteiger partial charge in [-0.05, 0) is 56.2 Å². The van der Waals surface area contributed by atoms with E-state index in [1.54, 1.807) is 4.90 Å². The third-order valence-electron chi connectivity index (χ3n) is 7.53. The van der Waals surface area contributed by atoms with Gasteiger partial charge in [0.15, 0.2) is 0 Å². The lowest BCUT2D eigenvalue weighted by atomic mass is 9.96. The maximum absolute atomic E-state index is 13.8. The lowest BCUT2D eigenvalue weighted by Crippen LogP contribution is -2.56. The van der Waals surface area contributed by atoms with E-state index in [2.05, 4.69) is 16.0 Å². The zero-order valence-electron chi connectivity index (χ0n) is 22.3. The molecule has 39 heavy (non-hydrogen) atoms. The van der Waals surface area contributed by atoms with Gasteiger partial charge in [0.2, 0.25) is 23.6 Å². The molecular formula is C30H39N5O4. The van der Waals surface area contributed by atoms with E-state index in [0.29, 0.717) is 51.6 Å². The molecule has 0 radical (unpaired) electrons. The molecule has 0 spiro atoms. The van der Waals surface area contributed by atoms with Crippen LogP contribution in [0.15, 0.2) is 60.7 Å². The third kappa shape index (κ3) is 7.66. The van der Waals surface area contributed by atoms with Crippen molar-refractivity contribution in [3.05, 3.63) is 71.8 Å². The van der Waals surface area contributed by atoms with Crippen LogP contribution in [0.4, 0.5) is 0 Å². The van der Waals surface area contributed by atoms with Gasteiger partial charge in [-0.25, -0.2) is 0 Å². The Balaban J connectivity index is 1.63. The second kappa shape index (κ2) is 13.9. The fourth-order valence-corrected chi connectivity index (χ4v) is 5.39. The molecule has 9 nitrogen and oxygen atoms in total. The van der Waals surface area contributed by atoms with Crippen molar-refractivity contribution in [2.45, 2.75) is 63.1 Å². The summed E-state index contributed by atoms with van der Waals surface area (Å²) in [4.78, 5) is 55.8. The minimum atomic E-state index is -0.859. The number of amides is 4. The van der Waals surface area contributed by atoms with Gasteiger partial charge in [-0.1, -0.05) is 60.7 Å². The monoisotopic (exact) mass is 533 g/mol. The zero-order chi connectivity index (χ0) is 27.6. The first-order chi connectivity index (χ1) is 19.0. The molecule has 0 saturated carbocycles. The number of rotatable bonds is 8. The first kappa shape index (κ1) is 28.3. The van der Waals surface area contributed by atoms with Crippen molar-refractivity contribution >= 4 is 23.6 Å². The molecule has 0 bridgehead atoms.